The summed E-state index contributed by atoms with van der Waals surface area (Å²) < 4.78 is 17.2. The molecule has 1 N–H and O–H groups in total. The van der Waals surface area contributed by atoms with Gasteiger partial charge in [0.25, 0.3) is 5.91 Å². The van der Waals surface area contributed by atoms with Crippen molar-refractivity contribution < 1.29 is 18.7 Å². The van der Waals surface area contributed by atoms with Crippen molar-refractivity contribution in [2.75, 3.05) is 19.0 Å². The highest BCUT2D eigenvalue weighted by atomic mass is 16.5. The number of anilines is 1. The van der Waals surface area contributed by atoms with Crippen LogP contribution in [0.1, 0.15) is 29.8 Å². The van der Waals surface area contributed by atoms with Gasteiger partial charge < -0.3 is 19.2 Å². The number of aryl methyl sites for hydroxylation is 1. The quantitative estimate of drug-likeness (QED) is 0.303. The molecule has 0 saturated heterocycles. The second kappa shape index (κ2) is 9.65. The Balaban J connectivity index is 1.78. The van der Waals surface area contributed by atoms with Gasteiger partial charge in [-0.1, -0.05) is 25.6 Å². The number of nitrogens with one attached hydrogen (secondary N) is 1. The molecule has 4 rings (SSSR count). The minimum atomic E-state index is -0.249. The average molecular weight is 442 g/mol. The molecule has 1 amide bonds. The molecule has 0 atom stereocenters. The maximum absolute atomic E-state index is 13.5. The summed E-state index contributed by atoms with van der Waals surface area (Å²) in [6.45, 7) is 8.28. The van der Waals surface area contributed by atoms with Crippen LogP contribution in [-0.4, -0.2) is 19.6 Å². The normalized spacial score (nSPS) is 10.8. The monoisotopic (exact) mass is 441 g/mol. The topological polar surface area (TPSA) is 60.7 Å². The van der Waals surface area contributed by atoms with Crippen molar-refractivity contribution in [2.24, 2.45) is 0 Å². The second-order valence-electron chi connectivity index (χ2n) is 7.94. The predicted molar refractivity (Wildman–Crippen MR) is 132 cm³/mol. The molecule has 0 fully saturated rings. The van der Waals surface area contributed by atoms with Crippen LogP contribution in [0.15, 0.2) is 83.3 Å². The lowest BCUT2D eigenvalue weighted by Crippen LogP contribution is -2.12. The van der Waals surface area contributed by atoms with Crippen LogP contribution in [0.5, 0.6) is 11.5 Å². The molecule has 1 heterocycles. The number of hydrogen-bond donors (Lipinski definition) is 1. The summed E-state index contributed by atoms with van der Waals surface area (Å²) in [6.07, 6.45) is 0.940. The smallest absolute Gasteiger partial charge is 0.260 e. The SMILES string of the molecule is C=C(C)COc1ccc2oc(-c3ccc(OC)cc3)c(C(=O)Nc3ccc(CC)cc3)c2c1. The first-order valence-electron chi connectivity index (χ1n) is 10.9. The Morgan fingerprint density at radius 3 is 2.33 bits per heavy atom. The van der Waals surface area contributed by atoms with Gasteiger partial charge in [-0.15, -0.1) is 0 Å². The van der Waals surface area contributed by atoms with Crippen LogP contribution in [-0.2, 0) is 6.42 Å². The van der Waals surface area contributed by atoms with Gasteiger partial charge in [0.05, 0.1) is 12.7 Å². The van der Waals surface area contributed by atoms with Gasteiger partial charge in [-0.05, 0) is 79.1 Å². The lowest BCUT2D eigenvalue weighted by molar-refractivity contribution is 0.102. The van der Waals surface area contributed by atoms with Crippen LogP contribution in [0.4, 0.5) is 5.69 Å². The molecule has 4 aromatic rings. The Morgan fingerprint density at radius 1 is 1.00 bits per heavy atom. The molecule has 0 radical (unpaired) electrons. The van der Waals surface area contributed by atoms with Crippen LogP contribution in [0.25, 0.3) is 22.3 Å². The van der Waals surface area contributed by atoms with Crippen molar-refractivity contribution in [3.8, 4) is 22.8 Å². The van der Waals surface area contributed by atoms with Crippen LogP contribution in [0, 0.1) is 0 Å². The molecule has 1 aromatic heterocycles. The van der Waals surface area contributed by atoms with Crippen LogP contribution >= 0.6 is 0 Å². The first-order valence-corrected chi connectivity index (χ1v) is 10.9. The largest absolute Gasteiger partial charge is 0.497 e. The van der Waals surface area contributed by atoms with E-state index in [9.17, 15) is 4.79 Å². The Kier molecular flexibility index (Phi) is 6.50. The molecule has 0 spiro atoms. The highest BCUT2D eigenvalue weighted by molar-refractivity contribution is 6.16. The maximum atomic E-state index is 13.5. The number of fused-ring (bicyclic) bond motifs is 1. The molecule has 5 nitrogen and oxygen atoms in total. The molecule has 33 heavy (non-hydrogen) atoms. The highest BCUT2D eigenvalue weighted by Crippen LogP contribution is 2.36. The number of carbonyl (C=O) groups is 1. The third-order valence-corrected chi connectivity index (χ3v) is 5.34. The van der Waals surface area contributed by atoms with E-state index in [0.717, 1.165) is 29.0 Å². The third-order valence-electron chi connectivity index (χ3n) is 5.34. The number of methoxy groups -OCH3 is 1. The fourth-order valence-corrected chi connectivity index (χ4v) is 3.56. The van der Waals surface area contributed by atoms with Crippen LogP contribution < -0.4 is 14.8 Å². The Morgan fingerprint density at radius 2 is 1.70 bits per heavy atom. The predicted octanol–water partition coefficient (Wildman–Crippen LogP) is 6.88. The van der Waals surface area contributed by atoms with Crippen molar-refractivity contribution in [1.82, 2.24) is 0 Å². The van der Waals surface area contributed by atoms with Crippen LogP contribution in [0.2, 0.25) is 0 Å². The number of amides is 1. The van der Waals surface area contributed by atoms with E-state index in [-0.39, 0.29) is 5.91 Å². The molecule has 0 saturated carbocycles. The van der Waals surface area contributed by atoms with Gasteiger partial charge >= 0.3 is 0 Å². The standard InChI is InChI=1S/C28H27NO4/c1-5-19-6-10-21(11-7-19)29-28(30)26-24-16-23(32-17-18(2)3)14-15-25(24)33-27(26)20-8-12-22(31-4)13-9-20/h6-16H,2,5,17H2,1,3-4H3,(H,29,30). The number of hydrogen-bond acceptors (Lipinski definition) is 4. The van der Waals surface area contributed by atoms with Crippen LogP contribution in [0.3, 0.4) is 0 Å². The summed E-state index contributed by atoms with van der Waals surface area (Å²) in [4.78, 5) is 13.5. The van der Waals surface area contributed by atoms with Gasteiger partial charge in [0.2, 0.25) is 0 Å². The lowest BCUT2D eigenvalue weighted by atomic mass is 10.0. The summed E-state index contributed by atoms with van der Waals surface area (Å²) in [5.74, 6) is 1.62. The summed E-state index contributed by atoms with van der Waals surface area (Å²) in [5, 5.41) is 3.69. The molecule has 0 aliphatic heterocycles. The third kappa shape index (κ3) is 4.93. The van der Waals surface area contributed by atoms with E-state index in [1.54, 1.807) is 7.11 Å². The van der Waals surface area contributed by atoms with E-state index in [1.165, 1.54) is 5.56 Å². The minimum Gasteiger partial charge on any atom is -0.497 e. The molecule has 0 unspecified atom stereocenters. The van der Waals surface area contributed by atoms with Gasteiger partial charge in [0, 0.05) is 16.6 Å². The zero-order valence-corrected chi connectivity index (χ0v) is 19.1. The summed E-state index contributed by atoms with van der Waals surface area (Å²) in [6, 6.07) is 20.8. The van der Waals surface area contributed by atoms with Crippen molar-refractivity contribution in [2.45, 2.75) is 20.3 Å². The summed E-state index contributed by atoms with van der Waals surface area (Å²) >= 11 is 0. The fourth-order valence-electron chi connectivity index (χ4n) is 3.56. The molecular weight excluding hydrogens is 414 g/mol. The van der Waals surface area contributed by atoms with E-state index in [1.807, 2.05) is 73.7 Å². The lowest BCUT2D eigenvalue weighted by Gasteiger charge is -2.08. The Bertz CT molecular complexity index is 1280. The molecule has 0 aliphatic carbocycles. The number of furan rings is 1. The van der Waals surface area contributed by atoms with E-state index >= 15 is 0 Å². The van der Waals surface area contributed by atoms with Gasteiger partial charge in [-0.2, -0.15) is 0 Å². The number of benzene rings is 3. The van der Waals surface area contributed by atoms with Gasteiger partial charge in [0.15, 0.2) is 0 Å². The molecule has 0 aliphatic rings. The first kappa shape index (κ1) is 22.2. The molecular formula is C28H27NO4. The van der Waals surface area contributed by atoms with Crippen molar-refractivity contribution in [1.29, 1.82) is 0 Å². The molecule has 0 bridgehead atoms. The molecule has 5 heteroatoms. The van der Waals surface area contributed by atoms with E-state index in [0.29, 0.717) is 34.6 Å². The average Bonchev–Trinajstić information content (AvgIpc) is 3.22. The van der Waals surface area contributed by atoms with Gasteiger partial charge in [-0.3, -0.25) is 4.79 Å². The number of rotatable bonds is 8. The van der Waals surface area contributed by atoms with E-state index < -0.39 is 0 Å². The zero-order valence-electron chi connectivity index (χ0n) is 19.1. The van der Waals surface area contributed by atoms with E-state index in [4.69, 9.17) is 13.9 Å². The maximum Gasteiger partial charge on any atom is 0.260 e. The highest BCUT2D eigenvalue weighted by Gasteiger charge is 2.23. The number of carbonyl (C=O) groups excluding carboxylic acids is 1. The zero-order chi connectivity index (χ0) is 23.4. The minimum absolute atomic E-state index is 0.249. The Labute approximate surface area is 193 Å². The molecule has 3 aromatic carbocycles. The fraction of sp³-hybridized carbons (Fsp3) is 0.179. The van der Waals surface area contributed by atoms with Crippen molar-refractivity contribution >= 4 is 22.6 Å². The number of ether oxygens (including phenoxy) is 2. The van der Waals surface area contributed by atoms with E-state index in [2.05, 4.69) is 18.8 Å². The summed E-state index contributed by atoms with van der Waals surface area (Å²) in [5.41, 5.74) is 4.69. The van der Waals surface area contributed by atoms with Gasteiger partial charge in [-0.25, -0.2) is 0 Å². The Hall–Kier alpha value is -3.99. The van der Waals surface area contributed by atoms with Crippen molar-refractivity contribution in [3.05, 3.63) is 90.0 Å². The van der Waals surface area contributed by atoms with Crippen molar-refractivity contribution in [3.63, 3.8) is 0 Å². The molecule has 168 valence electrons. The summed E-state index contributed by atoms with van der Waals surface area (Å²) in [7, 11) is 1.62. The first-order chi connectivity index (χ1) is 16.0. The van der Waals surface area contributed by atoms with Gasteiger partial charge in [0.1, 0.15) is 29.4 Å². The second-order valence-corrected chi connectivity index (χ2v) is 7.94.